The van der Waals surface area contributed by atoms with Crippen molar-refractivity contribution < 1.29 is 23.1 Å². The fourth-order valence-corrected chi connectivity index (χ4v) is 4.59. The first-order chi connectivity index (χ1) is 20.4. The highest BCUT2D eigenvalue weighted by Gasteiger charge is 2.20. The van der Waals surface area contributed by atoms with E-state index in [9.17, 15) is 14.0 Å². The van der Waals surface area contributed by atoms with Crippen LogP contribution in [0.25, 0.3) is 33.7 Å². The van der Waals surface area contributed by atoms with Crippen LogP contribution in [0.1, 0.15) is 6.92 Å². The summed E-state index contributed by atoms with van der Waals surface area (Å²) in [7, 11) is 0. The molecule has 0 radical (unpaired) electrons. The predicted molar refractivity (Wildman–Crippen MR) is 157 cm³/mol. The zero-order valence-electron chi connectivity index (χ0n) is 22.6. The molecule has 0 atom stereocenters. The number of pyridine rings is 1. The van der Waals surface area contributed by atoms with Crippen LogP contribution in [-0.4, -0.2) is 53.2 Å². The van der Waals surface area contributed by atoms with E-state index in [1.54, 1.807) is 36.7 Å². The zero-order valence-corrected chi connectivity index (χ0v) is 22.6. The number of aromatic nitrogens is 3. The third kappa shape index (κ3) is 5.88. The van der Waals surface area contributed by atoms with E-state index in [1.165, 1.54) is 19.1 Å². The van der Waals surface area contributed by atoms with Crippen LogP contribution in [0.2, 0.25) is 0 Å². The fraction of sp³-hybridized carbons (Fsp3) is 0.167. The van der Waals surface area contributed by atoms with Crippen LogP contribution in [0.15, 0.2) is 77.5 Å². The van der Waals surface area contributed by atoms with Crippen LogP contribution in [0.4, 0.5) is 32.1 Å². The van der Waals surface area contributed by atoms with Gasteiger partial charge in [0, 0.05) is 48.7 Å². The first kappa shape index (κ1) is 26.8. The number of hydrogen-bond donors (Lipinski definition) is 3. The topological polar surface area (TPSA) is 135 Å². The molecule has 4 heterocycles. The average molecular weight is 568 g/mol. The Hall–Kier alpha value is -5.36. The van der Waals surface area contributed by atoms with E-state index in [2.05, 4.69) is 25.8 Å². The van der Waals surface area contributed by atoms with E-state index in [1.807, 2.05) is 18.2 Å². The Morgan fingerprint density at radius 3 is 2.40 bits per heavy atom. The molecule has 0 bridgehead atoms. The van der Waals surface area contributed by atoms with Crippen LogP contribution in [0, 0.1) is 5.82 Å². The zero-order chi connectivity index (χ0) is 29.1. The number of morpholine rings is 1. The number of halogens is 1. The lowest BCUT2D eigenvalue weighted by atomic mass is 10.1. The second-order valence-electron chi connectivity index (χ2n) is 9.57. The van der Waals surface area contributed by atoms with Crippen molar-refractivity contribution in [3.8, 4) is 22.7 Å². The molecule has 12 heteroatoms. The number of ether oxygens (including phenoxy) is 1. The maximum absolute atomic E-state index is 14.4. The minimum atomic E-state index is -0.680. The molecule has 0 unspecified atom stereocenters. The summed E-state index contributed by atoms with van der Waals surface area (Å²) >= 11 is 0. The normalized spacial score (nSPS) is 13.1. The van der Waals surface area contributed by atoms with Gasteiger partial charge in [0.1, 0.15) is 17.1 Å². The van der Waals surface area contributed by atoms with E-state index in [4.69, 9.17) is 19.1 Å². The Morgan fingerprint density at radius 2 is 1.69 bits per heavy atom. The molecule has 3 aromatic heterocycles. The monoisotopic (exact) mass is 567 g/mol. The van der Waals surface area contributed by atoms with Gasteiger partial charge in [0.15, 0.2) is 11.6 Å². The molecule has 42 heavy (non-hydrogen) atoms. The van der Waals surface area contributed by atoms with Crippen molar-refractivity contribution in [2.75, 3.05) is 47.2 Å². The number of carbonyl (C=O) groups excluding carboxylic acids is 2. The highest BCUT2D eigenvalue weighted by molar-refractivity contribution is 6.00. The number of anilines is 4. The van der Waals surface area contributed by atoms with Gasteiger partial charge in [0.2, 0.25) is 5.91 Å². The van der Waals surface area contributed by atoms with Crippen molar-refractivity contribution in [2.24, 2.45) is 0 Å². The molecule has 0 spiro atoms. The number of carbonyl (C=O) groups is 2. The molecule has 11 nitrogen and oxygen atoms in total. The first-order valence-corrected chi connectivity index (χ1v) is 13.2. The number of furan rings is 1. The molecule has 3 amide bonds. The summed E-state index contributed by atoms with van der Waals surface area (Å²) in [6, 6.07) is 16.0. The fourth-order valence-electron chi connectivity index (χ4n) is 4.59. The predicted octanol–water partition coefficient (Wildman–Crippen LogP) is 5.53. The maximum Gasteiger partial charge on any atom is 0.323 e. The van der Waals surface area contributed by atoms with Crippen LogP contribution < -0.4 is 20.9 Å². The summed E-state index contributed by atoms with van der Waals surface area (Å²) < 4.78 is 25.5. The van der Waals surface area contributed by atoms with Crippen LogP contribution in [0.5, 0.6) is 0 Å². The standard InChI is InChI=1S/C30H26FN7O4/c1-18(39)33-22-8-9-24(23(31)16-22)36-30(40)34-21-6-4-19(5-7-21)28-35-25-15-20(26-3-2-12-42-26)17-32-27(25)29(37-28)38-10-13-41-14-11-38/h2-9,12,15-17H,10-11,13-14H2,1H3,(H,33,39)(H2,34,36,40). The van der Waals surface area contributed by atoms with E-state index in [0.717, 1.165) is 23.0 Å². The third-order valence-corrected chi connectivity index (χ3v) is 6.57. The maximum atomic E-state index is 14.4. The van der Waals surface area contributed by atoms with E-state index in [0.29, 0.717) is 60.3 Å². The average Bonchev–Trinajstić information content (AvgIpc) is 3.54. The van der Waals surface area contributed by atoms with Gasteiger partial charge in [-0.05, 0) is 60.7 Å². The summed E-state index contributed by atoms with van der Waals surface area (Å²) in [6.45, 7) is 3.88. The third-order valence-electron chi connectivity index (χ3n) is 6.57. The number of urea groups is 1. The second-order valence-corrected chi connectivity index (χ2v) is 9.57. The number of rotatable bonds is 6. The summed E-state index contributed by atoms with van der Waals surface area (Å²) in [6.07, 6.45) is 3.36. The lowest BCUT2D eigenvalue weighted by Crippen LogP contribution is -2.37. The van der Waals surface area contributed by atoms with Gasteiger partial charge in [0.05, 0.1) is 30.7 Å². The van der Waals surface area contributed by atoms with Gasteiger partial charge in [-0.3, -0.25) is 4.79 Å². The second kappa shape index (κ2) is 11.6. The molecule has 212 valence electrons. The quantitative estimate of drug-likeness (QED) is 0.244. The number of nitrogens with one attached hydrogen (secondary N) is 3. The Bertz CT molecular complexity index is 1750. The Morgan fingerprint density at radius 1 is 0.905 bits per heavy atom. The smallest absolute Gasteiger partial charge is 0.323 e. The first-order valence-electron chi connectivity index (χ1n) is 13.2. The summed E-state index contributed by atoms with van der Waals surface area (Å²) in [5.41, 5.74) is 3.65. The number of benzene rings is 2. The van der Waals surface area contributed by atoms with Crippen LogP contribution in [0.3, 0.4) is 0 Å². The molecule has 1 saturated heterocycles. The van der Waals surface area contributed by atoms with Gasteiger partial charge in [-0.15, -0.1) is 0 Å². The van der Waals surface area contributed by atoms with Gasteiger partial charge in [0.25, 0.3) is 0 Å². The number of nitrogens with zero attached hydrogens (tertiary/aromatic N) is 4. The lowest BCUT2D eigenvalue weighted by molar-refractivity contribution is -0.114. The Labute approximate surface area is 239 Å². The number of fused-ring (bicyclic) bond motifs is 1. The Kier molecular flexibility index (Phi) is 7.43. The van der Waals surface area contributed by atoms with Crippen molar-refractivity contribution in [3.63, 3.8) is 0 Å². The molecule has 2 aromatic carbocycles. The molecule has 5 aromatic rings. The lowest BCUT2D eigenvalue weighted by Gasteiger charge is -2.28. The van der Waals surface area contributed by atoms with Crippen molar-refractivity contribution in [1.82, 2.24) is 15.0 Å². The van der Waals surface area contributed by atoms with Gasteiger partial charge < -0.3 is 30.0 Å². The number of hydrogen-bond acceptors (Lipinski definition) is 8. The van der Waals surface area contributed by atoms with E-state index in [-0.39, 0.29) is 11.6 Å². The number of amides is 3. The van der Waals surface area contributed by atoms with Gasteiger partial charge in [-0.1, -0.05) is 0 Å². The minimum Gasteiger partial charge on any atom is -0.464 e. The molecule has 6 rings (SSSR count). The highest BCUT2D eigenvalue weighted by Crippen LogP contribution is 2.30. The minimum absolute atomic E-state index is 0.0269. The SMILES string of the molecule is CC(=O)Nc1ccc(NC(=O)Nc2ccc(-c3nc(N4CCOCC4)c4ncc(-c5ccco5)cc4n3)cc2)c(F)c1. The van der Waals surface area contributed by atoms with Crippen molar-refractivity contribution in [2.45, 2.75) is 6.92 Å². The summed E-state index contributed by atoms with van der Waals surface area (Å²) in [5, 5.41) is 7.65. The van der Waals surface area contributed by atoms with Gasteiger partial charge in [-0.2, -0.15) is 0 Å². The van der Waals surface area contributed by atoms with Crippen molar-refractivity contribution >= 4 is 45.9 Å². The molecule has 1 aliphatic heterocycles. The van der Waals surface area contributed by atoms with Crippen molar-refractivity contribution in [1.29, 1.82) is 0 Å². The van der Waals surface area contributed by atoms with Crippen LogP contribution in [-0.2, 0) is 9.53 Å². The molecular formula is C30H26FN7O4. The molecular weight excluding hydrogens is 541 g/mol. The molecule has 1 aliphatic rings. The molecule has 0 saturated carbocycles. The molecule has 1 fully saturated rings. The van der Waals surface area contributed by atoms with E-state index >= 15 is 0 Å². The molecule has 0 aliphatic carbocycles. The summed E-state index contributed by atoms with van der Waals surface area (Å²) in [4.78, 5) is 40.2. The van der Waals surface area contributed by atoms with Crippen molar-refractivity contribution in [3.05, 3.63) is 78.9 Å². The summed E-state index contributed by atoms with van der Waals surface area (Å²) in [5.74, 6) is 0.908. The van der Waals surface area contributed by atoms with Gasteiger partial charge >= 0.3 is 6.03 Å². The Balaban J connectivity index is 1.24. The molecule has 3 N–H and O–H groups in total. The largest absolute Gasteiger partial charge is 0.464 e. The highest BCUT2D eigenvalue weighted by atomic mass is 19.1. The van der Waals surface area contributed by atoms with E-state index < -0.39 is 11.8 Å². The van der Waals surface area contributed by atoms with Crippen LogP contribution >= 0.6 is 0 Å². The van der Waals surface area contributed by atoms with Gasteiger partial charge in [-0.25, -0.2) is 24.1 Å².